The van der Waals surface area contributed by atoms with E-state index in [1.165, 1.54) is 0 Å². The molecule has 0 bridgehead atoms. The van der Waals surface area contributed by atoms with Crippen LogP contribution in [-0.4, -0.2) is 25.1 Å². The molecule has 2 heterocycles. The summed E-state index contributed by atoms with van der Waals surface area (Å²) < 4.78 is 4.74. The number of fused-ring (bicyclic) bond motifs is 1. The van der Waals surface area contributed by atoms with Crippen molar-refractivity contribution < 1.29 is 0 Å². The van der Waals surface area contributed by atoms with Crippen LogP contribution in [0.2, 0.25) is 0 Å². The van der Waals surface area contributed by atoms with E-state index in [1.807, 2.05) is 57.2 Å². The Morgan fingerprint density at radius 2 is 1.66 bits per heavy atom. The first-order valence-electron chi connectivity index (χ1n) is 9.36. The number of nitrogens with zero attached hydrogens (tertiary/aromatic N) is 4. The monoisotopic (exact) mass is 389 g/mol. The Balaban J connectivity index is 1.75. The highest BCUT2D eigenvalue weighted by Gasteiger charge is 2.13. The third-order valence-corrected chi connectivity index (χ3v) is 5.31. The van der Waals surface area contributed by atoms with E-state index in [-0.39, 0.29) is 11.2 Å². The Kier molecular flexibility index (Phi) is 4.38. The fourth-order valence-corrected chi connectivity index (χ4v) is 3.65. The van der Waals surface area contributed by atoms with Crippen LogP contribution in [-0.2, 0) is 14.1 Å². The first kappa shape index (κ1) is 18.7. The molecule has 4 aromatic rings. The van der Waals surface area contributed by atoms with E-state index in [1.54, 1.807) is 34.1 Å². The van der Waals surface area contributed by atoms with Crippen LogP contribution in [0.25, 0.3) is 16.7 Å². The maximum absolute atomic E-state index is 13.0. The molecule has 1 N–H and O–H groups in total. The molecule has 0 unspecified atom stereocenters. The van der Waals surface area contributed by atoms with Crippen LogP contribution in [0.4, 0.5) is 5.69 Å². The van der Waals surface area contributed by atoms with Crippen molar-refractivity contribution >= 4 is 22.9 Å². The molecule has 7 nitrogen and oxygen atoms in total. The zero-order chi connectivity index (χ0) is 20.9. The summed E-state index contributed by atoms with van der Waals surface area (Å²) in [7, 11) is 3.48. The number of hydrogen-bond donors (Lipinski definition) is 1. The number of rotatable bonds is 3. The zero-order valence-corrected chi connectivity index (χ0v) is 17.1. The molecule has 0 atom stereocenters. The number of aliphatic imine (C=N–C) groups is 1. The molecule has 2 aromatic heterocycles. The normalized spacial score (nSPS) is 11.8. The Bertz CT molecular complexity index is 1400. The van der Waals surface area contributed by atoms with Crippen molar-refractivity contribution in [1.82, 2.24) is 18.9 Å². The molecule has 4 rings (SSSR count). The molecule has 0 spiro atoms. The second-order valence-electron chi connectivity index (χ2n) is 7.41. The predicted molar refractivity (Wildman–Crippen MR) is 116 cm³/mol. The van der Waals surface area contributed by atoms with Gasteiger partial charge < -0.3 is 0 Å². The summed E-state index contributed by atoms with van der Waals surface area (Å²) in [5, 5.41) is 3.14. The first-order chi connectivity index (χ1) is 13.8. The Labute approximate surface area is 167 Å². The van der Waals surface area contributed by atoms with E-state index in [4.69, 9.17) is 0 Å². The molecule has 0 aliphatic heterocycles. The van der Waals surface area contributed by atoms with Crippen LogP contribution in [0.3, 0.4) is 0 Å². The molecule has 2 aromatic carbocycles. The molecule has 148 valence electrons. The molecule has 0 radical (unpaired) electrons. The minimum absolute atomic E-state index is 0.0843. The predicted octanol–water partition coefficient (Wildman–Crippen LogP) is 3.03. The molecular weight excluding hydrogens is 366 g/mol. The maximum Gasteiger partial charge on any atom is 0.328 e. The van der Waals surface area contributed by atoms with Crippen molar-refractivity contribution in [1.29, 1.82) is 0 Å². The Morgan fingerprint density at radius 3 is 2.38 bits per heavy atom. The molecular formula is C22H23N5O2. The second-order valence-corrected chi connectivity index (χ2v) is 7.41. The van der Waals surface area contributed by atoms with Gasteiger partial charge in [0.05, 0.1) is 28.0 Å². The Morgan fingerprint density at radius 1 is 0.931 bits per heavy atom. The summed E-state index contributed by atoms with van der Waals surface area (Å²) in [5.74, 6) is 0. The molecule has 0 aliphatic rings. The van der Waals surface area contributed by atoms with Gasteiger partial charge in [-0.25, -0.2) is 9.48 Å². The third kappa shape index (κ3) is 3.04. The number of aryl methyl sites for hydroxylation is 5. The van der Waals surface area contributed by atoms with Crippen LogP contribution in [0.1, 0.15) is 22.4 Å². The number of imidazole rings is 1. The van der Waals surface area contributed by atoms with Crippen molar-refractivity contribution in [2.24, 2.45) is 19.1 Å². The maximum atomic E-state index is 13.0. The van der Waals surface area contributed by atoms with E-state index >= 15 is 0 Å². The molecule has 7 heteroatoms. The van der Waals surface area contributed by atoms with E-state index in [2.05, 4.69) is 10.1 Å². The van der Waals surface area contributed by atoms with E-state index in [9.17, 15) is 9.59 Å². The number of H-pyrrole nitrogens is 1. The van der Waals surface area contributed by atoms with Gasteiger partial charge in [-0.05, 0) is 50.6 Å². The molecule has 0 saturated carbocycles. The highest BCUT2D eigenvalue weighted by atomic mass is 16.1. The number of benzene rings is 2. The minimum Gasteiger partial charge on any atom is -0.295 e. The SMILES string of the molecule is Cc1ccc(-n2[nH]c(C)c(C=Nc3ccc4c(c3)n(C)c(=O)n4C)c2=O)c(C)c1. The highest BCUT2D eigenvalue weighted by molar-refractivity contribution is 5.85. The number of aromatic amines is 1. The highest BCUT2D eigenvalue weighted by Crippen LogP contribution is 2.20. The summed E-state index contributed by atoms with van der Waals surface area (Å²) in [6.07, 6.45) is 1.58. The molecule has 0 amide bonds. The van der Waals surface area contributed by atoms with Gasteiger partial charge in [0.15, 0.2) is 0 Å². The van der Waals surface area contributed by atoms with Crippen LogP contribution in [0.15, 0.2) is 51.0 Å². The fraction of sp³-hybridized carbons (Fsp3) is 0.227. The lowest BCUT2D eigenvalue weighted by Crippen LogP contribution is -2.19. The van der Waals surface area contributed by atoms with Gasteiger partial charge in [0.25, 0.3) is 5.56 Å². The number of hydrogen-bond acceptors (Lipinski definition) is 3. The van der Waals surface area contributed by atoms with Gasteiger partial charge >= 0.3 is 5.69 Å². The average molecular weight is 389 g/mol. The lowest BCUT2D eigenvalue weighted by Gasteiger charge is -2.06. The quantitative estimate of drug-likeness (QED) is 0.547. The van der Waals surface area contributed by atoms with Gasteiger partial charge in [-0.1, -0.05) is 17.7 Å². The summed E-state index contributed by atoms with van der Waals surface area (Å²) in [5.41, 5.74) is 6.32. The lowest BCUT2D eigenvalue weighted by molar-refractivity contribution is 0.795. The minimum atomic E-state index is -0.147. The van der Waals surface area contributed by atoms with E-state index in [0.29, 0.717) is 11.3 Å². The average Bonchev–Trinajstić information content (AvgIpc) is 3.08. The van der Waals surface area contributed by atoms with Gasteiger partial charge in [-0.2, -0.15) is 0 Å². The van der Waals surface area contributed by atoms with E-state index in [0.717, 1.165) is 33.5 Å². The van der Waals surface area contributed by atoms with Crippen LogP contribution in [0, 0.1) is 20.8 Å². The lowest BCUT2D eigenvalue weighted by atomic mass is 10.1. The van der Waals surface area contributed by atoms with Crippen molar-refractivity contribution in [3.63, 3.8) is 0 Å². The Hall–Kier alpha value is -3.61. The van der Waals surface area contributed by atoms with Gasteiger partial charge in [0.1, 0.15) is 0 Å². The summed E-state index contributed by atoms with van der Waals surface area (Å²) in [4.78, 5) is 29.5. The van der Waals surface area contributed by atoms with Crippen LogP contribution >= 0.6 is 0 Å². The van der Waals surface area contributed by atoms with Crippen molar-refractivity contribution in [3.05, 3.63) is 79.6 Å². The number of aromatic nitrogens is 4. The van der Waals surface area contributed by atoms with Crippen LogP contribution < -0.4 is 11.2 Å². The second kappa shape index (κ2) is 6.77. The molecule has 29 heavy (non-hydrogen) atoms. The first-order valence-corrected chi connectivity index (χ1v) is 9.36. The van der Waals surface area contributed by atoms with Crippen molar-refractivity contribution in [2.75, 3.05) is 0 Å². The van der Waals surface area contributed by atoms with E-state index < -0.39 is 0 Å². The molecule has 0 saturated heterocycles. The fourth-order valence-electron chi connectivity index (χ4n) is 3.65. The van der Waals surface area contributed by atoms with Gasteiger partial charge in [0, 0.05) is 26.0 Å². The number of nitrogens with one attached hydrogen (secondary N) is 1. The largest absolute Gasteiger partial charge is 0.328 e. The van der Waals surface area contributed by atoms with Crippen LogP contribution in [0.5, 0.6) is 0 Å². The van der Waals surface area contributed by atoms with Crippen molar-refractivity contribution in [3.8, 4) is 5.69 Å². The zero-order valence-electron chi connectivity index (χ0n) is 17.1. The smallest absolute Gasteiger partial charge is 0.295 e. The topological polar surface area (TPSA) is 77.1 Å². The van der Waals surface area contributed by atoms with Gasteiger partial charge in [-0.15, -0.1) is 0 Å². The van der Waals surface area contributed by atoms with Crippen molar-refractivity contribution in [2.45, 2.75) is 20.8 Å². The molecule has 0 fully saturated rings. The summed E-state index contributed by atoms with van der Waals surface area (Å²) in [6, 6.07) is 11.5. The summed E-state index contributed by atoms with van der Waals surface area (Å²) >= 11 is 0. The molecule has 0 aliphatic carbocycles. The standard InChI is InChI=1S/C22H23N5O2/c1-13-6-8-18(14(2)10-13)27-21(28)17(15(3)24-27)12-23-16-7-9-19-20(11-16)26(5)22(29)25(19)4/h6-12,24H,1-5H3. The summed E-state index contributed by atoms with van der Waals surface area (Å²) in [6.45, 7) is 5.86. The third-order valence-electron chi connectivity index (χ3n) is 5.31. The van der Waals surface area contributed by atoms with Gasteiger partial charge in [0.2, 0.25) is 0 Å². The van der Waals surface area contributed by atoms with Gasteiger partial charge in [-0.3, -0.25) is 24.0 Å².